The fourth-order valence-electron chi connectivity index (χ4n) is 5.89. The minimum absolute atomic E-state index is 0.00895. The Balaban J connectivity index is 1.77. The lowest BCUT2D eigenvalue weighted by Gasteiger charge is -2.38. The van der Waals surface area contributed by atoms with Gasteiger partial charge in [-0.2, -0.15) is 0 Å². The normalized spacial score (nSPS) is 20.2. The SMILES string of the molecule is CCc1c(C)c(C)c2c(c1C)CCC(C)(CCC[C@H](C)CCC[C@H](C)CCCC(C)C)O2. The van der Waals surface area contributed by atoms with Gasteiger partial charge in [-0.05, 0) is 105 Å². The molecule has 0 amide bonds. The highest BCUT2D eigenvalue weighted by Gasteiger charge is 2.34. The first-order valence-electron chi connectivity index (χ1n) is 13.9. The lowest BCUT2D eigenvalue weighted by atomic mass is 9.82. The summed E-state index contributed by atoms with van der Waals surface area (Å²) in [5, 5.41) is 0. The Morgan fingerprint density at radius 2 is 1.34 bits per heavy atom. The van der Waals surface area contributed by atoms with Crippen molar-refractivity contribution in [2.45, 2.75) is 145 Å². The van der Waals surface area contributed by atoms with Crippen molar-refractivity contribution in [1.82, 2.24) is 0 Å². The first-order valence-corrected chi connectivity index (χ1v) is 13.9. The number of rotatable bonds is 13. The molecule has 1 heterocycles. The highest BCUT2D eigenvalue weighted by Crippen LogP contribution is 2.42. The van der Waals surface area contributed by atoms with Crippen LogP contribution in [0, 0.1) is 38.5 Å². The van der Waals surface area contributed by atoms with Crippen molar-refractivity contribution in [1.29, 1.82) is 0 Å². The zero-order valence-corrected chi connectivity index (χ0v) is 23.1. The van der Waals surface area contributed by atoms with Crippen molar-refractivity contribution in [2.24, 2.45) is 17.8 Å². The van der Waals surface area contributed by atoms with Crippen LogP contribution in [-0.2, 0) is 12.8 Å². The summed E-state index contributed by atoms with van der Waals surface area (Å²) < 4.78 is 6.76. The molecule has 0 spiro atoms. The number of hydrogen-bond donors (Lipinski definition) is 0. The summed E-state index contributed by atoms with van der Waals surface area (Å²) in [4.78, 5) is 0. The van der Waals surface area contributed by atoms with Crippen molar-refractivity contribution in [3.05, 3.63) is 27.8 Å². The van der Waals surface area contributed by atoms with Crippen LogP contribution in [0.4, 0.5) is 0 Å². The summed E-state index contributed by atoms with van der Waals surface area (Å²) in [5.41, 5.74) is 7.34. The molecule has 0 saturated carbocycles. The highest BCUT2D eigenvalue weighted by atomic mass is 16.5. The molecule has 1 nitrogen and oxygen atoms in total. The van der Waals surface area contributed by atoms with Gasteiger partial charge in [0, 0.05) is 0 Å². The Kier molecular flexibility index (Phi) is 10.6. The van der Waals surface area contributed by atoms with Crippen LogP contribution in [0.5, 0.6) is 5.75 Å². The first kappa shape index (κ1) is 27.3. The Morgan fingerprint density at radius 1 is 0.781 bits per heavy atom. The average Bonchev–Trinajstić information content (AvgIpc) is 2.72. The molecular formula is C31H54O. The molecule has 1 aliphatic rings. The third-order valence-electron chi connectivity index (χ3n) is 8.42. The predicted molar refractivity (Wildman–Crippen MR) is 142 cm³/mol. The van der Waals surface area contributed by atoms with E-state index in [1.54, 1.807) is 0 Å². The number of fused-ring (bicyclic) bond motifs is 1. The Morgan fingerprint density at radius 3 is 1.91 bits per heavy atom. The van der Waals surface area contributed by atoms with Crippen LogP contribution in [-0.4, -0.2) is 5.60 Å². The van der Waals surface area contributed by atoms with Crippen molar-refractivity contribution in [3.8, 4) is 5.75 Å². The summed E-state index contributed by atoms with van der Waals surface area (Å²) in [6.45, 7) is 21.1. The molecule has 1 unspecified atom stereocenters. The molecule has 1 aromatic carbocycles. The molecular weight excluding hydrogens is 388 g/mol. The second-order valence-electron chi connectivity index (χ2n) is 11.9. The molecule has 0 radical (unpaired) electrons. The summed E-state index contributed by atoms with van der Waals surface area (Å²) in [6.07, 6.45) is 15.7. The molecule has 1 aromatic rings. The van der Waals surface area contributed by atoms with Crippen LogP contribution in [0.2, 0.25) is 0 Å². The Bertz CT molecular complexity index is 716. The first-order chi connectivity index (χ1) is 15.1. The van der Waals surface area contributed by atoms with Crippen LogP contribution in [0.3, 0.4) is 0 Å². The molecule has 0 bridgehead atoms. The fraction of sp³-hybridized carbons (Fsp3) is 0.806. The van der Waals surface area contributed by atoms with Crippen LogP contribution < -0.4 is 4.74 Å². The zero-order valence-electron chi connectivity index (χ0n) is 23.1. The van der Waals surface area contributed by atoms with Crippen molar-refractivity contribution in [2.75, 3.05) is 0 Å². The second-order valence-corrected chi connectivity index (χ2v) is 11.9. The largest absolute Gasteiger partial charge is 0.487 e. The van der Waals surface area contributed by atoms with Gasteiger partial charge in [0.05, 0.1) is 0 Å². The van der Waals surface area contributed by atoms with Crippen LogP contribution >= 0.6 is 0 Å². The average molecular weight is 443 g/mol. The fourth-order valence-corrected chi connectivity index (χ4v) is 5.89. The molecule has 0 N–H and O–H groups in total. The highest BCUT2D eigenvalue weighted by molar-refractivity contribution is 5.55. The molecule has 0 aliphatic carbocycles. The maximum Gasteiger partial charge on any atom is 0.126 e. The molecule has 3 atom stereocenters. The number of benzene rings is 1. The third kappa shape index (κ3) is 7.53. The van der Waals surface area contributed by atoms with Gasteiger partial charge in [0.15, 0.2) is 0 Å². The van der Waals surface area contributed by atoms with Gasteiger partial charge in [0.2, 0.25) is 0 Å². The molecule has 1 heteroatoms. The minimum Gasteiger partial charge on any atom is -0.487 e. The maximum atomic E-state index is 6.76. The van der Waals surface area contributed by atoms with E-state index in [4.69, 9.17) is 4.74 Å². The van der Waals surface area contributed by atoms with Gasteiger partial charge in [0.1, 0.15) is 11.4 Å². The Hall–Kier alpha value is -0.980. The molecule has 0 aromatic heterocycles. The minimum atomic E-state index is 0.00895. The van der Waals surface area contributed by atoms with Crippen LogP contribution in [0.25, 0.3) is 0 Å². The second kappa shape index (κ2) is 12.5. The molecule has 184 valence electrons. The van der Waals surface area contributed by atoms with Gasteiger partial charge in [-0.1, -0.05) is 79.6 Å². The molecule has 0 fully saturated rings. The molecule has 32 heavy (non-hydrogen) atoms. The molecule has 0 saturated heterocycles. The lowest BCUT2D eigenvalue weighted by molar-refractivity contribution is 0.0513. The van der Waals surface area contributed by atoms with E-state index in [-0.39, 0.29) is 5.60 Å². The van der Waals surface area contributed by atoms with Crippen molar-refractivity contribution >= 4 is 0 Å². The molecule has 1 aliphatic heterocycles. The van der Waals surface area contributed by atoms with E-state index in [1.807, 2.05) is 0 Å². The van der Waals surface area contributed by atoms with E-state index < -0.39 is 0 Å². The van der Waals surface area contributed by atoms with E-state index in [1.165, 1.54) is 97.8 Å². The van der Waals surface area contributed by atoms with Crippen molar-refractivity contribution < 1.29 is 4.74 Å². The number of hydrogen-bond acceptors (Lipinski definition) is 1. The smallest absolute Gasteiger partial charge is 0.126 e. The van der Waals surface area contributed by atoms with Gasteiger partial charge in [-0.15, -0.1) is 0 Å². The predicted octanol–water partition coefficient (Wildman–Crippen LogP) is 9.70. The third-order valence-corrected chi connectivity index (χ3v) is 8.42. The van der Waals surface area contributed by atoms with E-state index in [2.05, 4.69) is 62.3 Å². The van der Waals surface area contributed by atoms with E-state index in [0.717, 1.165) is 30.6 Å². The van der Waals surface area contributed by atoms with Gasteiger partial charge in [0.25, 0.3) is 0 Å². The topological polar surface area (TPSA) is 9.23 Å². The van der Waals surface area contributed by atoms with Crippen LogP contribution in [0.15, 0.2) is 0 Å². The van der Waals surface area contributed by atoms with E-state index in [0.29, 0.717) is 0 Å². The van der Waals surface area contributed by atoms with Gasteiger partial charge < -0.3 is 4.74 Å². The zero-order chi connectivity index (χ0) is 23.9. The van der Waals surface area contributed by atoms with Gasteiger partial charge >= 0.3 is 0 Å². The number of ether oxygens (including phenoxy) is 1. The summed E-state index contributed by atoms with van der Waals surface area (Å²) in [6, 6.07) is 0. The summed E-state index contributed by atoms with van der Waals surface area (Å²) in [7, 11) is 0. The van der Waals surface area contributed by atoms with Gasteiger partial charge in [-0.3, -0.25) is 0 Å². The van der Waals surface area contributed by atoms with Gasteiger partial charge in [-0.25, -0.2) is 0 Å². The summed E-state index contributed by atoms with van der Waals surface area (Å²) in [5.74, 6) is 3.82. The van der Waals surface area contributed by atoms with E-state index >= 15 is 0 Å². The lowest BCUT2D eigenvalue weighted by Crippen LogP contribution is -2.37. The standard InChI is InChI=1S/C31H54O/c1-10-28-25(6)26(7)30-29(27(28)8)19-21-31(9,32-30)20-13-18-24(5)17-12-16-23(4)15-11-14-22(2)3/h22-24H,10-21H2,1-9H3/t23-,24-,31?/m1/s1. The quantitative estimate of drug-likeness (QED) is 0.295. The van der Waals surface area contributed by atoms with E-state index in [9.17, 15) is 0 Å². The monoisotopic (exact) mass is 442 g/mol. The summed E-state index contributed by atoms with van der Waals surface area (Å²) >= 11 is 0. The van der Waals surface area contributed by atoms with Crippen LogP contribution in [0.1, 0.15) is 134 Å². The Labute approximate surface area is 201 Å². The molecule has 2 rings (SSSR count). The maximum absolute atomic E-state index is 6.76. The van der Waals surface area contributed by atoms with Crippen molar-refractivity contribution in [3.63, 3.8) is 0 Å².